The summed E-state index contributed by atoms with van der Waals surface area (Å²) in [5.41, 5.74) is 0.244. The zero-order valence-corrected chi connectivity index (χ0v) is 12.0. The maximum Gasteiger partial charge on any atom is 0.257 e. The molecule has 0 unspecified atom stereocenters. The standard InChI is InChI=1S/C11H21N3O4S/c1-9(2)3-5-18-6-4-13-19(16,17)11-10(8-15)7-12-14-11/h7,9,13,15H,3-6,8H2,1-2H3,(H,12,14). The summed E-state index contributed by atoms with van der Waals surface area (Å²) in [5, 5.41) is 14.9. The highest BCUT2D eigenvalue weighted by atomic mass is 32.2. The van der Waals surface area contributed by atoms with Crippen LogP contribution in [-0.2, 0) is 21.4 Å². The first kappa shape index (κ1) is 16.1. The second-order valence-electron chi connectivity index (χ2n) is 4.58. The molecule has 1 aromatic heterocycles. The van der Waals surface area contributed by atoms with Crippen LogP contribution in [0.5, 0.6) is 0 Å². The average molecular weight is 291 g/mol. The van der Waals surface area contributed by atoms with Crippen molar-refractivity contribution in [2.75, 3.05) is 19.8 Å². The van der Waals surface area contributed by atoms with Crippen molar-refractivity contribution in [1.82, 2.24) is 14.9 Å². The Bertz CT molecular complexity index is 470. The SMILES string of the molecule is CC(C)CCOCCNS(=O)(=O)c1[nH]ncc1CO. The summed E-state index contributed by atoms with van der Waals surface area (Å²) in [6, 6.07) is 0. The molecule has 0 fully saturated rings. The van der Waals surface area contributed by atoms with Crippen LogP contribution in [0.2, 0.25) is 0 Å². The zero-order valence-electron chi connectivity index (χ0n) is 11.2. The second-order valence-corrected chi connectivity index (χ2v) is 6.28. The first-order valence-corrected chi connectivity index (χ1v) is 7.66. The monoisotopic (exact) mass is 291 g/mol. The fourth-order valence-electron chi connectivity index (χ4n) is 1.39. The van der Waals surface area contributed by atoms with Crippen LogP contribution >= 0.6 is 0 Å². The summed E-state index contributed by atoms with van der Waals surface area (Å²) >= 11 is 0. The van der Waals surface area contributed by atoms with E-state index >= 15 is 0 Å². The van der Waals surface area contributed by atoms with Crippen LogP contribution in [0.1, 0.15) is 25.8 Å². The van der Waals surface area contributed by atoms with Crippen molar-refractivity contribution in [3.63, 3.8) is 0 Å². The van der Waals surface area contributed by atoms with Crippen molar-refractivity contribution in [3.05, 3.63) is 11.8 Å². The molecular weight excluding hydrogens is 270 g/mol. The Kier molecular flexibility index (Phi) is 6.43. The van der Waals surface area contributed by atoms with E-state index in [4.69, 9.17) is 9.84 Å². The Morgan fingerprint density at radius 1 is 1.47 bits per heavy atom. The molecular formula is C11H21N3O4S. The predicted octanol–water partition coefficient (Wildman–Crippen LogP) is 0.243. The lowest BCUT2D eigenvalue weighted by Gasteiger charge is -2.08. The van der Waals surface area contributed by atoms with E-state index in [2.05, 4.69) is 28.8 Å². The molecule has 0 atom stereocenters. The summed E-state index contributed by atoms with van der Waals surface area (Å²) in [6.07, 6.45) is 2.23. The Morgan fingerprint density at radius 2 is 2.21 bits per heavy atom. The number of hydrogen-bond donors (Lipinski definition) is 3. The fraction of sp³-hybridized carbons (Fsp3) is 0.727. The molecule has 0 aliphatic rings. The molecule has 0 spiro atoms. The molecule has 0 radical (unpaired) electrons. The Balaban J connectivity index is 2.36. The molecule has 0 saturated carbocycles. The van der Waals surface area contributed by atoms with Crippen molar-refractivity contribution in [2.45, 2.75) is 31.9 Å². The van der Waals surface area contributed by atoms with Gasteiger partial charge in [0, 0.05) is 18.7 Å². The molecule has 1 aromatic rings. The number of rotatable bonds is 9. The van der Waals surface area contributed by atoms with Crippen LogP contribution in [0.15, 0.2) is 11.2 Å². The fourth-order valence-corrected chi connectivity index (χ4v) is 2.52. The van der Waals surface area contributed by atoms with Gasteiger partial charge in [-0.15, -0.1) is 0 Å². The highest BCUT2D eigenvalue weighted by molar-refractivity contribution is 7.89. The molecule has 7 nitrogen and oxygen atoms in total. The number of nitrogens with one attached hydrogen (secondary N) is 2. The van der Waals surface area contributed by atoms with E-state index < -0.39 is 10.0 Å². The number of H-pyrrole nitrogens is 1. The third kappa shape index (κ3) is 5.27. The zero-order chi connectivity index (χ0) is 14.3. The summed E-state index contributed by atoms with van der Waals surface area (Å²) in [7, 11) is -3.67. The molecule has 0 aromatic carbocycles. The van der Waals surface area contributed by atoms with Crippen molar-refractivity contribution in [3.8, 4) is 0 Å². The highest BCUT2D eigenvalue weighted by Crippen LogP contribution is 2.10. The van der Waals surface area contributed by atoms with Crippen molar-refractivity contribution < 1.29 is 18.3 Å². The third-order valence-electron chi connectivity index (χ3n) is 2.50. The first-order valence-electron chi connectivity index (χ1n) is 6.18. The average Bonchev–Trinajstić information content (AvgIpc) is 2.82. The molecule has 0 aliphatic heterocycles. The van der Waals surface area contributed by atoms with Gasteiger partial charge in [0.25, 0.3) is 10.0 Å². The van der Waals surface area contributed by atoms with Gasteiger partial charge in [-0.2, -0.15) is 5.10 Å². The van der Waals surface area contributed by atoms with Crippen LogP contribution in [0.25, 0.3) is 0 Å². The van der Waals surface area contributed by atoms with E-state index in [1.165, 1.54) is 6.20 Å². The predicted molar refractivity (Wildman–Crippen MR) is 70.0 cm³/mol. The highest BCUT2D eigenvalue weighted by Gasteiger charge is 2.19. The number of aliphatic hydroxyl groups is 1. The quantitative estimate of drug-likeness (QED) is 0.565. The smallest absolute Gasteiger partial charge is 0.257 e. The number of nitrogens with zero attached hydrogens (tertiary/aromatic N) is 1. The van der Waals surface area contributed by atoms with Crippen LogP contribution in [0.3, 0.4) is 0 Å². The first-order chi connectivity index (χ1) is 8.97. The molecule has 0 saturated heterocycles. The van der Waals surface area contributed by atoms with Gasteiger partial charge in [-0.05, 0) is 12.3 Å². The van der Waals surface area contributed by atoms with E-state index in [-0.39, 0.29) is 23.7 Å². The van der Waals surface area contributed by atoms with Gasteiger partial charge >= 0.3 is 0 Å². The van der Waals surface area contributed by atoms with Crippen molar-refractivity contribution in [1.29, 1.82) is 0 Å². The van der Waals surface area contributed by atoms with Crippen LogP contribution < -0.4 is 4.72 Å². The van der Waals surface area contributed by atoms with Gasteiger partial charge in [0.15, 0.2) is 5.03 Å². The van der Waals surface area contributed by atoms with E-state index in [0.717, 1.165) is 6.42 Å². The van der Waals surface area contributed by atoms with E-state index in [1.54, 1.807) is 0 Å². The molecule has 0 aliphatic carbocycles. The van der Waals surface area contributed by atoms with Gasteiger partial charge in [0.05, 0.1) is 19.4 Å². The van der Waals surface area contributed by atoms with Gasteiger partial charge in [-0.3, -0.25) is 5.10 Å². The topological polar surface area (TPSA) is 104 Å². The maximum atomic E-state index is 11.9. The minimum absolute atomic E-state index is 0.0998. The van der Waals surface area contributed by atoms with Gasteiger partial charge in [-0.25, -0.2) is 13.1 Å². The number of sulfonamides is 1. The summed E-state index contributed by atoms with van der Waals surface area (Å²) in [6.45, 7) is 4.93. The molecule has 110 valence electrons. The second kappa shape index (κ2) is 7.59. The molecule has 0 bridgehead atoms. The van der Waals surface area contributed by atoms with Gasteiger partial charge in [0.2, 0.25) is 0 Å². The van der Waals surface area contributed by atoms with Crippen molar-refractivity contribution in [2.24, 2.45) is 5.92 Å². The maximum absolute atomic E-state index is 11.9. The van der Waals surface area contributed by atoms with Gasteiger partial charge < -0.3 is 9.84 Å². The Morgan fingerprint density at radius 3 is 2.84 bits per heavy atom. The van der Waals surface area contributed by atoms with Crippen LogP contribution in [0, 0.1) is 5.92 Å². The lowest BCUT2D eigenvalue weighted by atomic mass is 10.1. The lowest BCUT2D eigenvalue weighted by Crippen LogP contribution is -2.28. The minimum Gasteiger partial charge on any atom is -0.392 e. The largest absolute Gasteiger partial charge is 0.392 e. The Hall–Kier alpha value is -0.960. The van der Waals surface area contributed by atoms with Gasteiger partial charge in [-0.1, -0.05) is 13.8 Å². The molecule has 8 heteroatoms. The number of aliphatic hydroxyl groups excluding tert-OH is 1. The Labute approximate surface area is 113 Å². The number of aromatic nitrogens is 2. The summed E-state index contributed by atoms with van der Waals surface area (Å²) in [4.78, 5) is 0. The minimum atomic E-state index is -3.67. The molecule has 0 amide bonds. The number of ether oxygens (including phenoxy) is 1. The van der Waals surface area contributed by atoms with Gasteiger partial charge in [0.1, 0.15) is 0 Å². The number of hydrogen-bond acceptors (Lipinski definition) is 5. The normalized spacial score (nSPS) is 12.2. The molecule has 1 rings (SSSR count). The van der Waals surface area contributed by atoms with E-state index in [0.29, 0.717) is 19.1 Å². The molecule has 1 heterocycles. The van der Waals surface area contributed by atoms with Crippen LogP contribution in [-0.4, -0.2) is 43.5 Å². The molecule has 19 heavy (non-hydrogen) atoms. The summed E-state index contributed by atoms with van der Waals surface area (Å²) < 4.78 is 31.4. The lowest BCUT2D eigenvalue weighted by molar-refractivity contribution is 0.128. The van der Waals surface area contributed by atoms with E-state index in [1.807, 2.05) is 0 Å². The number of aromatic amines is 1. The third-order valence-corrected chi connectivity index (χ3v) is 3.97. The van der Waals surface area contributed by atoms with Crippen molar-refractivity contribution >= 4 is 10.0 Å². The van der Waals surface area contributed by atoms with Crippen LogP contribution in [0.4, 0.5) is 0 Å². The summed E-state index contributed by atoms with van der Waals surface area (Å²) in [5.74, 6) is 0.564. The molecule has 3 N–H and O–H groups in total. The van der Waals surface area contributed by atoms with E-state index in [9.17, 15) is 8.42 Å².